The van der Waals surface area contributed by atoms with Gasteiger partial charge in [-0.2, -0.15) is 0 Å². The number of para-hydroxylation sites is 1. The van der Waals surface area contributed by atoms with Gasteiger partial charge >= 0.3 is 0 Å². The standard InChI is InChI=1S/C18H18F2N2O3/c1-3-24-10-22(17-13(21-2)8-7-12(19)16(17)20)14-6-4-5-11-15(23)9-25-18(11)14/h4-8,15,23H,2-3,9-10H2,1H3. The summed E-state index contributed by atoms with van der Waals surface area (Å²) < 4.78 is 39.4. The van der Waals surface area contributed by atoms with Crippen LogP contribution in [0.1, 0.15) is 18.6 Å². The minimum Gasteiger partial charge on any atom is -0.488 e. The smallest absolute Gasteiger partial charge is 0.184 e. The Kier molecular flexibility index (Phi) is 4.96. The molecule has 0 aromatic heterocycles. The molecule has 0 bridgehead atoms. The number of nitrogens with zero attached hydrogens (tertiary/aromatic N) is 2. The van der Waals surface area contributed by atoms with Crippen LogP contribution in [-0.4, -0.2) is 31.8 Å². The topological polar surface area (TPSA) is 54.3 Å². The minimum atomic E-state index is -1.05. The maximum Gasteiger partial charge on any atom is 0.184 e. The van der Waals surface area contributed by atoms with Gasteiger partial charge in [0.1, 0.15) is 30.9 Å². The van der Waals surface area contributed by atoms with Crippen molar-refractivity contribution in [3.05, 3.63) is 47.5 Å². The van der Waals surface area contributed by atoms with Crippen molar-refractivity contribution in [1.29, 1.82) is 0 Å². The third-order valence-corrected chi connectivity index (χ3v) is 3.97. The Morgan fingerprint density at radius 1 is 1.36 bits per heavy atom. The van der Waals surface area contributed by atoms with Gasteiger partial charge < -0.3 is 19.5 Å². The van der Waals surface area contributed by atoms with Crippen LogP contribution in [0.2, 0.25) is 0 Å². The molecule has 1 heterocycles. The van der Waals surface area contributed by atoms with E-state index in [2.05, 4.69) is 11.7 Å². The number of ether oxygens (including phenoxy) is 2. The van der Waals surface area contributed by atoms with Crippen LogP contribution >= 0.6 is 0 Å². The summed E-state index contributed by atoms with van der Waals surface area (Å²) in [6.45, 7) is 5.66. The van der Waals surface area contributed by atoms with Gasteiger partial charge in [0.15, 0.2) is 11.6 Å². The third-order valence-electron chi connectivity index (χ3n) is 3.97. The summed E-state index contributed by atoms with van der Waals surface area (Å²) in [6, 6.07) is 7.47. The maximum absolute atomic E-state index is 14.6. The molecule has 0 amide bonds. The molecule has 0 saturated heterocycles. The van der Waals surface area contributed by atoms with Crippen LogP contribution in [0.5, 0.6) is 5.75 Å². The molecule has 25 heavy (non-hydrogen) atoms. The van der Waals surface area contributed by atoms with Crippen molar-refractivity contribution in [1.82, 2.24) is 0 Å². The first-order valence-corrected chi connectivity index (χ1v) is 7.82. The number of anilines is 2. The Hall–Kier alpha value is -2.51. The van der Waals surface area contributed by atoms with E-state index in [1.54, 1.807) is 25.1 Å². The number of hydrogen-bond donors (Lipinski definition) is 1. The molecule has 1 atom stereocenters. The molecule has 2 aromatic carbocycles. The first-order chi connectivity index (χ1) is 12.1. The number of aliphatic hydroxyl groups is 1. The van der Waals surface area contributed by atoms with Crippen molar-refractivity contribution in [2.75, 3.05) is 24.8 Å². The fraction of sp³-hybridized carbons (Fsp3) is 0.278. The summed E-state index contributed by atoms with van der Waals surface area (Å²) in [6.07, 6.45) is -0.766. The first-order valence-electron chi connectivity index (χ1n) is 7.82. The van der Waals surface area contributed by atoms with Gasteiger partial charge in [0.25, 0.3) is 0 Å². The van der Waals surface area contributed by atoms with E-state index in [1.165, 1.54) is 11.0 Å². The van der Waals surface area contributed by atoms with Crippen LogP contribution < -0.4 is 9.64 Å². The number of benzene rings is 2. The molecule has 132 valence electrons. The van der Waals surface area contributed by atoms with Gasteiger partial charge in [-0.3, -0.25) is 4.99 Å². The zero-order valence-corrected chi connectivity index (χ0v) is 13.7. The van der Waals surface area contributed by atoms with Crippen LogP contribution in [0.4, 0.5) is 25.8 Å². The Morgan fingerprint density at radius 2 is 2.16 bits per heavy atom. The van der Waals surface area contributed by atoms with Gasteiger partial charge in [-0.1, -0.05) is 12.1 Å². The summed E-state index contributed by atoms with van der Waals surface area (Å²) >= 11 is 0. The van der Waals surface area contributed by atoms with Crippen molar-refractivity contribution in [3.8, 4) is 5.75 Å². The molecule has 0 aliphatic carbocycles. The molecule has 5 nitrogen and oxygen atoms in total. The number of hydrogen-bond acceptors (Lipinski definition) is 5. The van der Waals surface area contributed by atoms with Crippen LogP contribution in [0.25, 0.3) is 0 Å². The molecular weight excluding hydrogens is 330 g/mol. The normalized spacial score (nSPS) is 15.6. The molecule has 3 rings (SSSR count). The molecule has 0 radical (unpaired) electrons. The van der Waals surface area contributed by atoms with Crippen molar-refractivity contribution in [2.45, 2.75) is 13.0 Å². The minimum absolute atomic E-state index is 0.0463. The van der Waals surface area contributed by atoms with Crippen LogP contribution in [0.3, 0.4) is 0 Å². The molecule has 2 aromatic rings. The maximum atomic E-state index is 14.6. The number of fused-ring (bicyclic) bond motifs is 1. The molecule has 1 N–H and O–H groups in total. The summed E-state index contributed by atoms with van der Waals surface area (Å²) in [4.78, 5) is 5.22. The van der Waals surface area contributed by atoms with E-state index >= 15 is 0 Å². The predicted octanol–water partition coefficient (Wildman–Crippen LogP) is 3.85. The molecule has 0 spiro atoms. The van der Waals surface area contributed by atoms with E-state index in [0.29, 0.717) is 23.6 Å². The predicted molar refractivity (Wildman–Crippen MR) is 91.1 cm³/mol. The average Bonchev–Trinajstić information content (AvgIpc) is 3.00. The van der Waals surface area contributed by atoms with E-state index in [9.17, 15) is 13.9 Å². The van der Waals surface area contributed by atoms with E-state index in [0.717, 1.165) is 6.07 Å². The molecule has 1 unspecified atom stereocenters. The van der Waals surface area contributed by atoms with Crippen molar-refractivity contribution < 1.29 is 23.4 Å². The summed E-state index contributed by atoms with van der Waals surface area (Å²) in [5, 5.41) is 10.00. The lowest BCUT2D eigenvalue weighted by Gasteiger charge is -2.27. The fourth-order valence-electron chi connectivity index (χ4n) is 2.78. The van der Waals surface area contributed by atoms with Gasteiger partial charge in [0.05, 0.1) is 11.4 Å². The second-order valence-electron chi connectivity index (χ2n) is 5.46. The molecule has 1 aliphatic rings. The zero-order chi connectivity index (χ0) is 18.0. The van der Waals surface area contributed by atoms with Crippen molar-refractivity contribution >= 4 is 23.8 Å². The van der Waals surface area contributed by atoms with E-state index in [-0.39, 0.29) is 24.7 Å². The highest BCUT2D eigenvalue weighted by Crippen LogP contribution is 2.45. The molecule has 0 fully saturated rings. The van der Waals surface area contributed by atoms with Gasteiger partial charge in [0.2, 0.25) is 0 Å². The monoisotopic (exact) mass is 348 g/mol. The fourth-order valence-corrected chi connectivity index (χ4v) is 2.78. The van der Waals surface area contributed by atoms with Crippen LogP contribution in [0.15, 0.2) is 35.3 Å². The van der Waals surface area contributed by atoms with Crippen LogP contribution in [-0.2, 0) is 4.74 Å². The highest BCUT2D eigenvalue weighted by molar-refractivity contribution is 5.79. The lowest BCUT2D eigenvalue weighted by molar-refractivity contribution is 0.140. The SMILES string of the molecule is C=Nc1ccc(F)c(F)c1N(COCC)c1cccc2c1OCC2O. The van der Waals surface area contributed by atoms with Crippen LogP contribution in [0, 0.1) is 11.6 Å². The van der Waals surface area contributed by atoms with Gasteiger partial charge in [-0.05, 0) is 31.8 Å². The van der Waals surface area contributed by atoms with E-state index < -0.39 is 17.7 Å². The summed E-state index contributed by atoms with van der Waals surface area (Å²) in [5.41, 5.74) is 1.12. The van der Waals surface area contributed by atoms with Gasteiger partial charge in [0, 0.05) is 12.2 Å². The van der Waals surface area contributed by atoms with E-state index in [1.807, 2.05) is 0 Å². The molecule has 7 heteroatoms. The largest absolute Gasteiger partial charge is 0.488 e. The highest BCUT2D eigenvalue weighted by atomic mass is 19.2. The van der Waals surface area contributed by atoms with Gasteiger partial charge in [-0.15, -0.1) is 0 Å². The number of aliphatic hydroxyl groups excluding tert-OH is 1. The quantitative estimate of drug-likeness (QED) is 0.636. The Balaban J connectivity index is 2.18. The van der Waals surface area contributed by atoms with E-state index in [4.69, 9.17) is 9.47 Å². The summed E-state index contributed by atoms with van der Waals surface area (Å²) in [7, 11) is 0. The Morgan fingerprint density at radius 3 is 2.88 bits per heavy atom. The lowest BCUT2D eigenvalue weighted by atomic mass is 10.1. The van der Waals surface area contributed by atoms with Gasteiger partial charge in [-0.25, -0.2) is 8.78 Å². The molecule has 0 saturated carbocycles. The molecule has 1 aliphatic heterocycles. The number of aliphatic imine (C=N–C) groups is 1. The second-order valence-corrected chi connectivity index (χ2v) is 5.46. The Bertz CT molecular complexity index is 798. The zero-order valence-electron chi connectivity index (χ0n) is 13.7. The van der Waals surface area contributed by atoms with Crippen molar-refractivity contribution in [2.24, 2.45) is 4.99 Å². The highest BCUT2D eigenvalue weighted by Gasteiger charge is 2.29. The third kappa shape index (κ3) is 3.08. The average molecular weight is 348 g/mol. The second kappa shape index (κ2) is 7.16. The Labute approximate surface area is 144 Å². The number of halogens is 2. The number of rotatable bonds is 6. The first kappa shape index (κ1) is 17.3. The summed E-state index contributed by atoms with van der Waals surface area (Å²) in [5.74, 6) is -1.65. The lowest BCUT2D eigenvalue weighted by Crippen LogP contribution is -2.23. The molecular formula is C18H18F2N2O3. The van der Waals surface area contributed by atoms with Crippen molar-refractivity contribution in [3.63, 3.8) is 0 Å².